The molecule has 0 radical (unpaired) electrons. The van der Waals surface area contributed by atoms with E-state index >= 15 is 0 Å². The van der Waals surface area contributed by atoms with Gasteiger partial charge in [-0.3, -0.25) is 9.48 Å². The predicted molar refractivity (Wildman–Crippen MR) is 59.6 cm³/mol. The highest BCUT2D eigenvalue weighted by molar-refractivity contribution is 5.80. The molecule has 0 atom stereocenters. The van der Waals surface area contributed by atoms with E-state index < -0.39 is 0 Å². The van der Waals surface area contributed by atoms with Crippen molar-refractivity contribution in [3.63, 3.8) is 0 Å². The van der Waals surface area contributed by atoms with Crippen molar-refractivity contribution in [2.75, 3.05) is 25.0 Å². The minimum atomic E-state index is 0.115. The molecule has 0 saturated carbocycles. The first kappa shape index (κ1) is 11.6. The molecule has 1 aromatic rings. The Morgan fingerprint density at radius 1 is 1.53 bits per heavy atom. The summed E-state index contributed by atoms with van der Waals surface area (Å²) in [5, 5.41) is 7.05. The zero-order valence-corrected chi connectivity index (χ0v) is 9.53. The van der Waals surface area contributed by atoms with Gasteiger partial charge in [0.2, 0.25) is 5.91 Å². The second-order valence-electron chi connectivity index (χ2n) is 3.32. The zero-order chi connectivity index (χ0) is 11.3. The SMILES string of the molecule is CCN(CC)C(=O)CNc1cnn(C)c1. The molecule has 0 spiro atoms. The lowest BCUT2D eigenvalue weighted by Gasteiger charge is -2.18. The van der Waals surface area contributed by atoms with Gasteiger partial charge in [0.1, 0.15) is 0 Å². The van der Waals surface area contributed by atoms with Crippen LogP contribution in [0.4, 0.5) is 5.69 Å². The number of nitrogens with zero attached hydrogens (tertiary/aromatic N) is 3. The fraction of sp³-hybridized carbons (Fsp3) is 0.600. The molecule has 0 fully saturated rings. The lowest BCUT2D eigenvalue weighted by atomic mass is 10.4. The summed E-state index contributed by atoms with van der Waals surface area (Å²) in [6.45, 7) is 5.79. The van der Waals surface area contributed by atoms with E-state index in [4.69, 9.17) is 0 Å². The summed E-state index contributed by atoms with van der Waals surface area (Å²) >= 11 is 0. The van der Waals surface area contributed by atoms with Gasteiger partial charge in [0.05, 0.1) is 18.4 Å². The van der Waals surface area contributed by atoms with Crippen molar-refractivity contribution < 1.29 is 4.79 Å². The van der Waals surface area contributed by atoms with E-state index in [1.165, 1.54) is 0 Å². The number of nitrogens with one attached hydrogen (secondary N) is 1. The first-order valence-electron chi connectivity index (χ1n) is 5.17. The lowest BCUT2D eigenvalue weighted by molar-refractivity contribution is -0.128. The fourth-order valence-corrected chi connectivity index (χ4v) is 1.38. The highest BCUT2D eigenvalue weighted by atomic mass is 16.2. The summed E-state index contributed by atoms with van der Waals surface area (Å²) in [5.41, 5.74) is 0.873. The predicted octanol–water partition coefficient (Wildman–Crippen LogP) is 0.700. The Morgan fingerprint density at radius 2 is 2.20 bits per heavy atom. The second kappa shape index (κ2) is 5.38. The van der Waals surface area contributed by atoms with Crippen molar-refractivity contribution in [3.8, 4) is 0 Å². The Bertz CT molecular complexity index is 317. The average Bonchev–Trinajstić information content (AvgIpc) is 2.63. The Balaban J connectivity index is 2.40. The largest absolute Gasteiger partial charge is 0.374 e. The van der Waals surface area contributed by atoms with Gasteiger partial charge in [0, 0.05) is 26.3 Å². The van der Waals surface area contributed by atoms with E-state index in [2.05, 4.69) is 10.4 Å². The number of aromatic nitrogens is 2. The smallest absolute Gasteiger partial charge is 0.241 e. The minimum Gasteiger partial charge on any atom is -0.374 e. The number of amides is 1. The lowest BCUT2D eigenvalue weighted by Crippen LogP contribution is -2.35. The Labute approximate surface area is 90.1 Å². The minimum absolute atomic E-state index is 0.115. The van der Waals surface area contributed by atoms with E-state index in [0.717, 1.165) is 18.8 Å². The summed E-state index contributed by atoms with van der Waals surface area (Å²) in [4.78, 5) is 13.4. The Kier molecular flexibility index (Phi) is 4.15. The van der Waals surface area contributed by atoms with Crippen LogP contribution in [0.3, 0.4) is 0 Å². The zero-order valence-electron chi connectivity index (χ0n) is 9.53. The van der Waals surface area contributed by atoms with Gasteiger partial charge in [-0.25, -0.2) is 0 Å². The van der Waals surface area contributed by atoms with E-state index in [9.17, 15) is 4.79 Å². The molecule has 5 heteroatoms. The van der Waals surface area contributed by atoms with Crippen LogP contribution in [0.2, 0.25) is 0 Å². The van der Waals surface area contributed by atoms with Gasteiger partial charge in [0.25, 0.3) is 0 Å². The highest BCUT2D eigenvalue weighted by Crippen LogP contribution is 2.02. The molecule has 1 rings (SSSR count). The monoisotopic (exact) mass is 210 g/mol. The van der Waals surface area contributed by atoms with Crippen molar-refractivity contribution in [2.24, 2.45) is 7.05 Å². The maximum Gasteiger partial charge on any atom is 0.241 e. The van der Waals surface area contributed by atoms with Crippen LogP contribution in [-0.2, 0) is 11.8 Å². The number of hydrogen-bond acceptors (Lipinski definition) is 3. The molecule has 5 nitrogen and oxygen atoms in total. The first-order valence-corrected chi connectivity index (χ1v) is 5.17. The van der Waals surface area contributed by atoms with E-state index in [-0.39, 0.29) is 5.91 Å². The van der Waals surface area contributed by atoms with Gasteiger partial charge in [-0.15, -0.1) is 0 Å². The van der Waals surface area contributed by atoms with Crippen LogP contribution in [0.15, 0.2) is 12.4 Å². The number of carbonyl (C=O) groups excluding carboxylic acids is 1. The normalized spacial score (nSPS) is 10.1. The molecule has 0 aliphatic heterocycles. The van der Waals surface area contributed by atoms with Crippen LogP contribution >= 0.6 is 0 Å². The van der Waals surface area contributed by atoms with Crippen LogP contribution in [0.25, 0.3) is 0 Å². The first-order chi connectivity index (χ1) is 7.17. The third-order valence-electron chi connectivity index (χ3n) is 2.26. The standard InChI is InChI=1S/C10H18N4O/c1-4-14(5-2)10(15)7-11-9-6-12-13(3)8-9/h6,8,11H,4-5,7H2,1-3H3. The molecule has 84 valence electrons. The van der Waals surface area contributed by atoms with Crippen LogP contribution < -0.4 is 5.32 Å². The summed E-state index contributed by atoms with van der Waals surface area (Å²) < 4.78 is 1.70. The van der Waals surface area contributed by atoms with E-state index in [1.807, 2.05) is 27.1 Å². The van der Waals surface area contributed by atoms with Crippen LogP contribution in [-0.4, -0.2) is 40.2 Å². The Morgan fingerprint density at radius 3 is 2.67 bits per heavy atom. The second-order valence-corrected chi connectivity index (χ2v) is 3.32. The molecule has 0 aliphatic rings. The molecule has 1 N–H and O–H groups in total. The topological polar surface area (TPSA) is 50.2 Å². The molecular weight excluding hydrogens is 192 g/mol. The molecular formula is C10H18N4O. The van der Waals surface area contributed by atoms with Gasteiger partial charge < -0.3 is 10.2 Å². The third kappa shape index (κ3) is 3.27. The maximum atomic E-state index is 11.6. The molecule has 15 heavy (non-hydrogen) atoms. The van der Waals surface area contributed by atoms with Crippen molar-refractivity contribution >= 4 is 11.6 Å². The molecule has 0 aromatic carbocycles. The highest BCUT2D eigenvalue weighted by Gasteiger charge is 2.08. The van der Waals surface area contributed by atoms with Crippen LogP contribution in [0.1, 0.15) is 13.8 Å². The van der Waals surface area contributed by atoms with Crippen molar-refractivity contribution in [3.05, 3.63) is 12.4 Å². The number of rotatable bonds is 5. The van der Waals surface area contributed by atoms with Crippen molar-refractivity contribution in [1.29, 1.82) is 0 Å². The molecule has 1 heterocycles. The quantitative estimate of drug-likeness (QED) is 0.778. The van der Waals surface area contributed by atoms with Gasteiger partial charge in [-0.1, -0.05) is 0 Å². The fourth-order valence-electron chi connectivity index (χ4n) is 1.38. The molecule has 1 aromatic heterocycles. The number of hydrogen-bond donors (Lipinski definition) is 1. The third-order valence-corrected chi connectivity index (χ3v) is 2.26. The number of likely N-dealkylation sites (N-methyl/N-ethyl adjacent to an activating group) is 1. The molecule has 1 amide bonds. The summed E-state index contributed by atoms with van der Waals surface area (Å²) in [7, 11) is 1.84. The van der Waals surface area contributed by atoms with Crippen LogP contribution in [0.5, 0.6) is 0 Å². The van der Waals surface area contributed by atoms with Gasteiger partial charge >= 0.3 is 0 Å². The summed E-state index contributed by atoms with van der Waals surface area (Å²) in [6.07, 6.45) is 3.55. The van der Waals surface area contributed by atoms with Crippen LogP contribution in [0, 0.1) is 0 Å². The summed E-state index contributed by atoms with van der Waals surface area (Å²) in [5.74, 6) is 0.115. The Hall–Kier alpha value is -1.52. The number of anilines is 1. The van der Waals surface area contributed by atoms with E-state index in [1.54, 1.807) is 15.8 Å². The molecule has 0 aliphatic carbocycles. The van der Waals surface area contributed by atoms with Crippen molar-refractivity contribution in [1.82, 2.24) is 14.7 Å². The van der Waals surface area contributed by atoms with Gasteiger partial charge in [-0.05, 0) is 13.8 Å². The van der Waals surface area contributed by atoms with E-state index in [0.29, 0.717) is 6.54 Å². The molecule has 0 unspecified atom stereocenters. The van der Waals surface area contributed by atoms with Gasteiger partial charge in [-0.2, -0.15) is 5.10 Å². The number of carbonyl (C=O) groups is 1. The number of aryl methyl sites for hydroxylation is 1. The molecule has 0 saturated heterocycles. The molecule has 0 bridgehead atoms. The van der Waals surface area contributed by atoms with Crippen molar-refractivity contribution in [2.45, 2.75) is 13.8 Å². The average molecular weight is 210 g/mol. The summed E-state index contributed by atoms with van der Waals surface area (Å²) in [6, 6.07) is 0. The maximum absolute atomic E-state index is 11.6. The van der Waals surface area contributed by atoms with Gasteiger partial charge in [0.15, 0.2) is 0 Å².